The first-order valence-corrected chi connectivity index (χ1v) is 5.33. The number of hydrogen-bond acceptors (Lipinski definition) is 3. The lowest BCUT2D eigenvalue weighted by atomic mass is 10.3. The van der Waals surface area contributed by atoms with Gasteiger partial charge in [0.25, 0.3) is 0 Å². The molecule has 0 radical (unpaired) electrons. The zero-order valence-corrected chi connectivity index (χ0v) is 10.1. The maximum Gasteiger partial charge on any atom is 0.216 e. The van der Waals surface area contributed by atoms with Gasteiger partial charge in [0.1, 0.15) is 5.75 Å². The first-order valence-electron chi connectivity index (χ1n) is 4.95. The summed E-state index contributed by atoms with van der Waals surface area (Å²) in [7, 11) is 1.57. The molecule has 0 heterocycles. The van der Waals surface area contributed by atoms with Crippen LogP contribution in [0.2, 0.25) is 5.02 Å². The number of carbonyl (C=O) groups is 1. The lowest BCUT2D eigenvalue weighted by Crippen LogP contribution is -2.26. The lowest BCUT2D eigenvalue weighted by molar-refractivity contribution is -0.118. The van der Waals surface area contributed by atoms with Crippen molar-refractivity contribution in [3.8, 4) is 5.75 Å². The Bertz CT molecular complexity index is 369. The summed E-state index contributed by atoms with van der Waals surface area (Å²) in [6.45, 7) is 2.73. The molecule has 0 unspecified atom stereocenters. The summed E-state index contributed by atoms with van der Waals surface area (Å²) >= 11 is 5.96. The van der Waals surface area contributed by atoms with Gasteiger partial charge in [0.15, 0.2) is 0 Å². The van der Waals surface area contributed by atoms with Gasteiger partial charge in [-0.1, -0.05) is 11.6 Å². The summed E-state index contributed by atoms with van der Waals surface area (Å²) in [4.78, 5) is 10.6. The molecule has 2 N–H and O–H groups in total. The minimum absolute atomic E-state index is 0.0328. The predicted molar refractivity (Wildman–Crippen MR) is 65.2 cm³/mol. The highest BCUT2D eigenvalue weighted by molar-refractivity contribution is 6.32. The van der Waals surface area contributed by atoms with Crippen molar-refractivity contribution in [1.82, 2.24) is 5.32 Å². The molecule has 0 atom stereocenters. The Morgan fingerprint density at radius 2 is 2.19 bits per heavy atom. The number of benzene rings is 1. The number of nitrogens with one attached hydrogen (secondary N) is 2. The van der Waals surface area contributed by atoms with Gasteiger partial charge in [-0.25, -0.2) is 0 Å². The van der Waals surface area contributed by atoms with Crippen molar-refractivity contribution < 1.29 is 9.53 Å². The molecule has 1 aromatic rings. The predicted octanol–water partition coefficient (Wildman–Crippen LogP) is 1.90. The normalized spacial score (nSPS) is 9.69. The first kappa shape index (κ1) is 12.6. The minimum atomic E-state index is -0.0328. The molecule has 1 amide bonds. The number of amides is 1. The highest BCUT2D eigenvalue weighted by Crippen LogP contribution is 2.26. The van der Waals surface area contributed by atoms with E-state index in [1.165, 1.54) is 6.92 Å². The second kappa shape index (κ2) is 6.23. The number of halogens is 1. The van der Waals surface area contributed by atoms with E-state index in [-0.39, 0.29) is 5.91 Å². The summed E-state index contributed by atoms with van der Waals surface area (Å²) in [5.41, 5.74) is 0.899. The maximum atomic E-state index is 10.6. The molecule has 0 aromatic heterocycles. The van der Waals surface area contributed by atoms with Crippen LogP contribution in [0.4, 0.5) is 5.69 Å². The number of hydrogen-bond donors (Lipinski definition) is 2. The van der Waals surface area contributed by atoms with E-state index >= 15 is 0 Å². The summed E-state index contributed by atoms with van der Waals surface area (Å²) < 4.78 is 5.04. The van der Waals surface area contributed by atoms with Crippen LogP contribution in [-0.2, 0) is 4.79 Å². The molecule has 0 saturated carbocycles. The molecule has 88 valence electrons. The summed E-state index contributed by atoms with van der Waals surface area (Å²) in [5.74, 6) is 0.614. The van der Waals surface area contributed by atoms with Gasteiger partial charge >= 0.3 is 0 Å². The molecule has 0 aliphatic heterocycles. The van der Waals surface area contributed by atoms with Gasteiger partial charge in [0, 0.05) is 25.7 Å². The quantitative estimate of drug-likeness (QED) is 0.776. The third-order valence-corrected chi connectivity index (χ3v) is 2.28. The standard InChI is InChI=1S/C11H15ClN2O2/c1-8(15)13-5-6-14-9-3-4-11(16-2)10(12)7-9/h3-4,7,14H,5-6H2,1-2H3,(H,13,15). The van der Waals surface area contributed by atoms with Gasteiger partial charge in [0.2, 0.25) is 5.91 Å². The van der Waals surface area contributed by atoms with Gasteiger partial charge in [-0.2, -0.15) is 0 Å². The second-order valence-corrected chi connectivity index (χ2v) is 3.67. The Hall–Kier alpha value is -1.42. The average molecular weight is 243 g/mol. The minimum Gasteiger partial charge on any atom is -0.495 e. The topological polar surface area (TPSA) is 50.4 Å². The molecule has 1 rings (SSSR count). The molecule has 5 heteroatoms. The second-order valence-electron chi connectivity index (χ2n) is 3.26. The highest BCUT2D eigenvalue weighted by Gasteiger charge is 2.00. The zero-order chi connectivity index (χ0) is 12.0. The van der Waals surface area contributed by atoms with Gasteiger partial charge in [-0.15, -0.1) is 0 Å². The highest BCUT2D eigenvalue weighted by atomic mass is 35.5. The summed E-state index contributed by atoms with van der Waals surface area (Å²) in [6, 6.07) is 5.45. The van der Waals surface area contributed by atoms with Crippen molar-refractivity contribution in [2.45, 2.75) is 6.92 Å². The van der Waals surface area contributed by atoms with Crippen LogP contribution in [-0.4, -0.2) is 26.1 Å². The van der Waals surface area contributed by atoms with Gasteiger partial charge in [-0.3, -0.25) is 4.79 Å². The van der Waals surface area contributed by atoms with E-state index in [4.69, 9.17) is 16.3 Å². The van der Waals surface area contributed by atoms with Gasteiger partial charge in [-0.05, 0) is 18.2 Å². The molecule has 0 aliphatic carbocycles. The summed E-state index contributed by atoms with van der Waals surface area (Å²) in [5, 5.41) is 6.39. The van der Waals surface area contributed by atoms with E-state index in [9.17, 15) is 4.79 Å². The zero-order valence-electron chi connectivity index (χ0n) is 9.34. The van der Waals surface area contributed by atoms with Crippen LogP contribution >= 0.6 is 11.6 Å². The van der Waals surface area contributed by atoms with Crippen LogP contribution in [0, 0.1) is 0 Å². The summed E-state index contributed by atoms with van der Waals surface area (Å²) in [6.07, 6.45) is 0. The maximum absolute atomic E-state index is 10.6. The monoisotopic (exact) mass is 242 g/mol. The van der Waals surface area contributed by atoms with Crippen LogP contribution < -0.4 is 15.4 Å². The SMILES string of the molecule is COc1ccc(NCCNC(C)=O)cc1Cl. The van der Waals surface area contributed by atoms with Crippen LogP contribution in [0.15, 0.2) is 18.2 Å². The fourth-order valence-electron chi connectivity index (χ4n) is 1.22. The smallest absolute Gasteiger partial charge is 0.216 e. The third-order valence-electron chi connectivity index (χ3n) is 1.98. The number of carbonyl (C=O) groups excluding carboxylic acids is 1. The molecule has 4 nitrogen and oxygen atoms in total. The number of ether oxygens (including phenoxy) is 1. The van der Waals surface area contributed by atoms with Crippen molar-refractivity contribution in [3.63, 3.8) is 0 Å². The van der Waals surface area contributed by atoms with Gasteiger partial charge < -0.3 is 15.4 Å². The molecule has 1 aromatic carbocycles. The molecular formula is C11H15ClN2O2. The van der Waals surface area contributed by atoms with Crippen LogP contribution in [0.3, 0.4) is 0 Å². The number of anilines is 1. The Morgan fingerprint density at radius 1 is 1.44 bits per heavy atom. The van der Waals surface area contributed by atoms with Crippen LogP contribution in [0.25, 0.3) is 0 Å². The number of methoxy groups -OCH3 is 1. The molecule has 0 bridgehead atoms. The molecule has 0 aliphatic rings. The van der Waals surface area contributed by atoms with Crippen LogP contribution in [0.5, 0.6) is 5.75 Å². The Balaban J connectivity index is 2.43. The van der Waals surface area contributed by atoms with Crippen molar-refractivity contribution in [3.05, 3.63) is 23.2 Å². The van der Waals surface area contributed by atoms with E-state index < -0.39 is 0 Å². The molecular weight excluding hydrogens is 228 g/mol. The average Bonchev–Trinajstić information content (AvgIpc) is 2.24. The van der Waals surface area contributed by atoms with Crippen molar-refractivity contribution >= 4 is 23.2 Å². The molecule has 0 fully saturated rings. The van der Waals surface area contributed by atoms with Crippen molar-refractivity contribution in [1.29, 1.82) is 0 Å². The van der Waals surface area contributed by atoms with Gasteiger partial charge in [0.05, 0.1) is 12.1 Å². The van der Waals surface area contributed by atoms with E-state index in [1.807, 2.05) is 6.07 Å². The van der Waals surface area contributed by atoms with E-state index in [0.717, 1.165) is 5.69 Å². The van der Waals surface area contributed by atoms with Crippen LogP contribution in [0.1, 0.15) is 6.92 Å². The fourth-order valence-corrected chi connectivity index (χ4v) is 1.48. The Kier molecular flexibility index (Phi) is 4.92. The number of rotatable bonds is 5. The fraction of sp³-hybridized carbons (Fsp3) is 0.364. The lowest BCUT2D eigenvalue weighted by Gasteiger charge is -2.09. The molecule has 0 saturated heterocycles. The third kappa shape index (κ3) is 3.98. The molecule has 16 heavy (non-hydrogen) atoms. The van der Waals surface area contributed by atoms with Crippen molar-refractivity contribution in [2.75, 3.05) is 25.5 Å². The van der Waals surface area contributed by atoms with E-state index in [0.29, 0.717) is 23.9 Å². The molecule has 0 spiro atoms. The van der Waals surface area contributed by atoms with E-state index in [2.05, 4.69) is 10.6 Å². The Labute approximate surface area is 99.9 Å². The Morgan fingerprint density at radius 3 is 2.75 bits per heavy atom. The largest absolute Gasteiger partial charge is 0.495 e. The first-order chi connectivity index (χ1) is 7.63. The van der Waals surface area contributed by atoms with Crippen molar-refractivity contribution in [2.24, 2.45) is 0 Å². The van der Waals surface area contributed by atoms with E-state index in [1.54, 1.807) is 19.2 Å².